The monoisotopic (exact) mass is 279 g/mol. The number of hydrogen-bond donors (Lipinski definition) is 1. The van der Waals surface area contributed by atoms with Crippen molar-refractivity contribution < 1.29 is 8.42 Å². The quantitative estimate of drug-likeness (QED) is 0.818. The van der Waals surface area contributed by atoms with Crippen LogP contribution in [0.4, 0.5) is 0 Å². The molecule has 1 aromatic carbocycles. The number of primary sulfonamides is 1. The molecule has 0 saturated carbocycles. The fourth-order valence-electron chi connectivity index (χ4n) is 0.980. The van der Waals surface area contributed by atoms with Crippen molar-refractivity contribution in [3.8, 4) is 0 Å². The van der Waals surface area contributed by atoms with Crippen molar-refractivity contribution in [1.29, 1.82) is 0 Å². The summed E-state index contributed by atoms with van der Waals surface area (Å²) in [5.41, 5.74) is 0. The van der Waals surface area contributed by atoms with Gasteiger partial charge in [0, 0.05) is 0 Å². The zero-order chi connectivity index (χ0) is 10.8. The van der Waals surface area contributed by atoms with E-state index in [1.807, 2.05) is 12.1 Å². The number of rotatable bonds is 3. The second-order valence-electron chi connectivity index (χ2n) is 3.18. The van der Waals surface area contributed by atoms with Crippen molar-refractivity contribution in [2.24, 2.45) is 5.14 Å². The minimum atomic E-state index is -3.54. The van der Waals surface area contributed by atoms with E-state index in [1.165, 1.54) is 4.46 Å². The molecule has 0 fully saturated rings. The third-order valence-electron chi connectivity index (χ3n) is 1.52. The Bertz CT molecular complexity index is 397. The van der Waals surface area contributed by atoms with Crippen molar-refractivity contribution >= 4 is 29.4 Å². The number of benzene rings is 1. The van der Waals surface area contributed by atoms with E-state index in [9.17, 15) is 8.42 Å². The SMILES string of the molecule is CC(C)[Se]c1ccc(S(N)(=O)=O)cc1. The Morgan fingerprint density at radius 2 is 1.71 bits per heavy atom. The van der Waals surface area contributed by atoms with Crippen LogP contribution < -0.4 is 9.60 Å². The molecule has 14 heavy (non-hydrogen) atoms. The Labute approximate surface area is 90.9 Å². The fraction of sp³-hybridized carbons (Fsp3) is 0.333. The summed E-state index contributed by atoms with van der Waals surface area (Å²) in [6.07, 6.45) is 0. The van der Waals surface area contributed by atoms with E-state index < -0.39 is 10.0 Å². The Balaban J connectivity index is 2.90. The summed E-state index contributed by atoms with van der Waals surface area (Å²) < 4.78 is 23.1. The van der Waals surface area contributed by atoms with Gasteiger partial charge < -0.3 is 0 Å². The van der Waals surface area contributed by atoms with E-state index in [4.69, 9.17) is 5.14 Å². The van der Waals surface area contributed by atoms with Gasteiger partial charge >= 0.3 is 90.8 Å². The van der Waals surface area contributed by atoms with Gasteiger partial charge in [0.25, 0.3) is 0 Å². The molecule has 0 aliphatic rings. The van der Waals surface area contributed by atoms with Gasteiger partial charge in [-0.15, -0.1) is 0 Å². The number of hydrogen-bond acceptors (Lipinski definition) is 2. The van der Waals surface area contributed by atoms with Crippen molar-refractivity contribution in [3.05, 3.63) is 24.3 Å². The molecule has 0 radical (unpaired) electrons. The maximum absolute atomic E-state index is 10.9. The summed E-state index contributed by atoms with van der Waals surface area (Å²) in [6, 6.07) is 6.79. The average molecular weight is 278 g/mol. The first kappa shape index (κ1) is 11.7. The first-order chi connectivity index (χ1) is 6.39. The molecule has 0 amide bonds. The van der Waals surface area contributed by atoms with Gasteiger partial charge in [-0.25, -0.2) is 0 Å². The van der Waals surface area contributed by atoms with Gasteiger partial charge in [-0.2, -0.15) is 0 Å². The molecule has 0 bridgehead atoms. The van der Waals surface area contributed by atoms with Crippen LogP contribution in [0.1, 0.15) is 13.8 Å². The summed E-state index contributed by atoms with van der Waals surface area (Å²) in [5, 5.41) is 4.99. The first-order valence-corrected chi connectivity index (χ1v) is 7.58. The van der Waals surface area contributed by atoms with Crippen LogP contribution in [-0.2, 0) is 10.0 Å². The molecule has 2 N–H and O–H groups in total. The molecule has 0 aliphatic carbocycles. The molecule has 0 saturated heterocycles. The standard InChI is InChI=1S/C9H13NO2SSe/c1-7(2)14-9-5-3-8(4-6-9)13(10,11)12/h3-7H,1-2H3,(H2,10,11,12). The molecule has 3 nitrogen and oxygen atoms in total. The Morgan fingerprint density at radius 3 is 2.07 bits per heavy atom. The Hall–Kier alpha value is -0.351. The third kappa shape index (κ3) is 3.42. The first-order valence-electron chi connectivity index (χ1n) is 4.19. The predicted octanol–water partition coefficient (Wildman–Crippen LogP) is 0.492. The molecule has 78 valence electrons. The minimum absolute atomic E-state index is 0.181. The van der Waals surface area contributed by atoms with Crippen LogP contribution in [-0.4, -0.2) is 23.4 Å². The van der Waals surface area contributed by atoms with Crippen LogP contribution in [0.3, 0.4) is 0 Å². The fourth-order valence-corrected chi connectivity index (χ4v) is 3.25. The predicted molar refractivity (Wildman–Crippen MR) is 58.3 cm³/mol. The van der Waals surface area contributed by atoms with Gasteiger partial charge in [0.1, 0.15) is 0 Å². The molecule has 0 heterocycles. The molecule has 5 heteroatoms. The molecule has 0 spiro atoms. The summed E-state index contributed by atoms with van der Waals surface area (Å²) in [6.45, 7) is 4.29. The van der Waals surface area contributed by atoms with Gasteiger partial charge in [-0.05, 0) is 0 Å². The summed E-state index contributed by atoms with van der Waals surface area (Å²) in [7, 11) is -3.54. The van der Waals surface area contributed by atoms with E-state index in [2.05, 4.69) is 13.8 Å². The molecular formula is C9H13NO2SSe. The molecular weight excluding hydrogens is 265 g/mol. The molecule has 0 aliphatic heterocycles. The van der Waals surface area contributed by atoms with E-state index in [-0.39, 0.29) is 4.90 Å². The molecule has 1 aromatic rings. The van der Waals surface area contributed by atoms with E-state index >= 15 is 0 Å². The Kier molecular flexibility index (Phi) is 3.72. The second-order valence-corrected chi connectivity index (χ2v) is 8.21. The maximum atomic E-state index is 10.9. The van der Waals surface area contributed by atoms with Crippen LogP contribution in [0.15, 0.2) is 29.2 Å². The van der Waals surface area contributed by atoms with Gasteiger partial charge in [-0.1, -0.05) is 0 Å². The average Bonchev–Trinajstić information content (AvgIpc) is 2.02. The van der Waals surface area contributed by atoms with Crippen LogP contribution >= 0.6 is 0 Å². The summed E-state index contributed by atoms with van der Waals surface area (Å²) in [4.78, 5) is 0.809. The van der Waals surface area contributed by atoms with E-state index in [1.54, 1.807) is 12.1 Å². The van der Waals surface area contributed by atoms with Crippen LogP contribution in [0, 0.1) is 0 Å². The van der Waals surface area contributed by atoms with Gasteiger partial charge in [-0.3, -0.25) is 0 Å². The Morgan fingerprint density at radius 1 is 1.21 bits per heavy atom. The zero-order valence-corrected chi connectivity index (χ0v) is 10.6. The normalized spacial score (nSPS) is 12.0. The third-order valence-corrected chi connectivity index (χ3v) is 4.58. The molecule has 1 rings (SSSR count). The van der Waals surface area contributed by atoms with Gasteiger partial charge in [0.15, 0.2) is 0 Å². The number of nitrogens with two attached hydrogens (primary N) is 1. The molecule has 0 atom stereocenters. The van der Waals surface area contributed by atoms with Crippen molar-refractivity contribution in [2.45, 2.75) is 23.6 Å². The van der Waals surface area contributed by atoms with Crippen molar-refractivity contribution in [3.63, 3.8) is 0 Å². The molecule has 0 aromatic heterocycles. The summed E-state index contributed by atoms with van der Waals surface area (Å²) >= 11 is 0.400. The number of sulfonamides is 1. The van der Waals surface area contributed by atoms with Crippen molar-refractivity contribution in [1.82, 2.24) is 0 Å². The van der Waals surface area contributed by atoms with Gasteiger partial charge in [0.05, 0.1) is 0 Å². The van der Waals surface area contributed by atoms with Crippen LogP contribution in [0.25, 0.3) is 0 Å². The second kappa shape index (κ2) is 4.45. The molecule has 0 unspecified atom stereocenters. The van der Waals surface area contributed by atoms with Crippen molar-refractivity contribution in [2.75, 3.05) is 0 Å². The summed E-state index contributed by atoms with van der Waals surface area (Å²) in [5.74, 6) is 0. The van der Waals surface area contributed by atoms with Gasteiger partial charge in [0.2, 0.25) is 0 Å². The van der Waals surface area contributed by atoms with E-state index in [0.29, 0.717) is 19.8 Å². The zero-order valence-electron chi connectivity index (χ0n) is 8.10. The van der Waals surface area contributed by atoms with Crippen LogP contribution in [0.2, 0.25) is 4.82 Å². The van der Waals surface area contributed by atoms with E-state index in [0.717, 1.165) is 0 Å². The topological polar surface area (TPSA) is 60.2 Å². The van der Waals surface area contributed by atoms with Crippen LogP contribution in [0.5, 0.6) is 0 Å².